The smallest absolute Gasteiger partial charge is 0.0725 e. The SMILES string of the molecule is CC(C)C1=CC2(CCOCC2)N(O)C12CCOCC2. The maximum atomic E-state index is 11.0. The van der Waals surface area contributed by atoms with Crippen molar-refractivity contribution in [2.45, 2.75) is 50.6 Å². The molecule has 0 bridgehead atoms. The van der Waals surface area contributed by atoms with E-state index in [4.69, 9.17) is 9.47 Å². The van der Waals surface area contributed by atoms with Crippen molar-refractivity contribution in [3.63, 3.8) is 0 Å². The lowest BCUT2D eigenvalue weighted by molar-refractivity contribution is -0.237. The van der Waals surface area contributed by atoms with Gasteiger partial charge in [-0.3, -0.25) is 0 Å². The van der Waals surface area contributed by atoms with E-state index in [1.807, 2.05) is 0 Å². The second kappa shape index (κ2) is 4.85. The summed E-state index contributed by atoms with van der Waals surface area (Å²) < 4.78 is 11.0. The normalized spacial score (nSPS) is 30.2. The van der Waals surface area contributed by atoms with Gasteiger partial charge in [-0.05, 0) is 37.2 Å². The van der Waals surface area contributed by atoms with E-state index in [1.165, 1.54) is 5.57 Å². The number of hydrogen-bond donors (Lipinski definition) is 1. The van der Waals surface area contributed by atoms with Crippen LogP contribution in [-0.4, -0.2) is 47.8 Å². The first-order valence-corrected chi connectivity index (χ1v) is 7.49. The van der Waals surface area contributed by atoms with Crippen LogP contribution in [0.2, 0.25) is 0 Å². The first-order valence-electron chi connectivity index (χ1n) is 7.49. The van der Waals surface area contributed by atoms with Crippen molar-refractivity contribution in [1.29, 1.82) is 0 Å². The van der Waals surface area contributed by atoms with Crippen LogP contribution in [0.4, 0.5) is 0 Å². The van der Waals surface area contributed by atoms with Crippen LogP contribution in [-0.2, 0) is 9.47 Å². The maximum Gasteiger partial charge on any atom is 0.0725 e. The number of rotatable bonds is 1. The molecule has 2 spiro atoms. The number of ether oxygens (including phenoxy) is 2. The Labute approximate surface area is 115 Å². The van der Waals surface area contributed by atoms with Crippen LogP contribution in [0.3, 0.4) is 0 Å². The monoisotopic (exact) mass is 267 g/mol. The van der Waals surface area contributed by atoms with Gasteiger partial charge in [-0.15, -0.1) is 0 Å². The summed E-state index contributed by atoms with van der Waals surface area (Å²) in [6, 6.07) is 0. The fourth-order valence-corrected chi connectivity index (χ4v) is 4.03. The Morgan fingerprint density at radius 1 is 1.05 bits per heavy atom. The Bertz CT molecular complexity index is 366. The zero-order valence-corrected chi connectivity index (χ0v) is 12.0. The van der Waals surface area contributed by atoms with Gasteiger partial charge in [0, 0.05) is 26.4 Å². The summed E-state index contributed by atoms with van der Waals surface area (Å²) >= 11 is 0. The molecule has 0 aromatic carbocycles. The quantitative estimate of drug-likeness (QED) is 0.741. The summed E-state index contributed by atoms with van der Waals surface area (Å²) in [6.07, 6.45) is 5.93. The zero-order chi connectivity index (χ0) is 13.5. The lowest BCUT2D eigenvalue weighted by Crippen LogP contribution is -2.58. The van der Waals surface area contributed by atoms with Crippen LogP contribution >= 0.6 is 0 Å². The molecule has 3 rings (SSSR count). The van der Waals surface area contributed by atoms with E-state index >= 15 is 0 Å². The first kappa shape index (κ1) is 13.6. The van der Waals surface area contributed by atoms with Crippen molar-refractivity contribution in [2.24, 2.45) is 5.92 Å². The van der Waals surface area contributed by atoms with Gasteiger partial charge in [0.1, 0.15) is 0 Å². The molecule has 4 heteroatoms. The Morgan fingerprint density at radius 3 is 2.11 bits per heavy atom. The fourth-order valence-electron chi connectivity index (χ4n) is 4.03. The van der Waals surface area contributed by atoms with Crippen LogP contribution < -0.4 is 0 Å². The number of hydrogen-bond acceptors (Lipinski definition) is 4. The van der Waals surface area contributed by atoms with Crippen LogP contribution in [0.25, 0.3) is 0 Å². The van der Waals surface area contributed by atoms with E-state index in [1.54, 1.807) is 5.06 Å². The highest BCUT2D eigenvalue weighted by molar-refractivity contribution is 5.35. The molecule has 0 aromatic heterocycles. The van der Waals surface area contributed by atoms with E-state index < -0.39 is 0 Å². The lowest BCUT2D eigenvalue weighted by atomic mass is 9.79. The van der Waals surface area contributed by atoms with Crippen molar-refractivity contribution in [1.82, 2.24) is 5.06 Å². The summed E-state index contributed by atoms with van der Waals surface area (Å²) in [4.78, 5) is 0. The van der Waals surface area contributed by atoms with Gasteiger partial charge in [-0.2, -0.15) is 5.06 Å². The van der Waals surface area contributed by atoms with Gasteiger partial charge in [0.05, 0.1) is 11.1 Å². The Balaban J connectivity index is 1.98. The molecule has 0 amide bonds. The Hall–Kier alpha value is -0.420. The minimum atomic E-state index is -0.199. The van der Waals surface area contributed by atoms with E-state index in [2.05, 4.69) is 19.9 Å². The van der Waals surface area contributed by atoms with Gasteiger partial charge in [0.25, 0.3) is 0 Å². The largest absolute Gasteiger partial charge is 0.381 e. The lowest BCUT2D eigenvalue weighted by Gasteiger charge is -2.47. The predicted octanol–water partition coefficient (Wildman–Crippen LogP) is 2.37. The van der Waals surface area contributed by atoms with Gasteiger partial charge in [-0.1, -0.05) is 19.9 Å². The van der Waals surface area contributed by atoms with Crippen molar-refractivity contribution in [3.05, 3.63) is 11.6 Å². The van der Waals surface area contributed by atoms with Crippen LogP contribution in [0.5, 0.6) is 0 Å². The average Bonchev–Trinajstić information content (AvgIpc) is 2.65. The Morgan fingerprint density at radius 2 is 1.58 bits per heavy atom. The molecule has 2 saturated heterocycles. The summed E-state index contributed by atoms with van der Waals surface area (Å²) in [5, 5.41) is 12.7. The third-order valence-electron chi connectivity index (χ3n) is 5.09. The molecule has 4 nitrogen and oxygen atoms in total. The summed E-state index contributed by atoms with van der Waals surface area (Å²) in [5.41, 5.74) is 1.01. The van der Waals surface area contributed by atoms with Gasteiger partial charge in [-0.25, -0.2) is 0 Å². The van der Waals surface area contributed by atoms with Crippen molar-refractivity contribution in [2.75, 3.05) is 26.4 Å². The Kier molecular flexibility index (Phi) is 3.46. The minimum absolute atomic E-state index is 0.191. The zero-order valence-electron chi connectivity index (χ0n) is 12.0. The van der Waals surface area contributed by atoms with E-state index in [0.29, 0.717) is 5.92 Å². The molecular weight excluding hydrogens is 242 g/mol. The topological polar surface area (TPSA) is 41.9 Å². The maximum absolute atomic E-state index is 11.0. The standard InChI is InChI=1S/C15H25NO3/c1-12(2)13-11-14(3-7-18-8-4-14)16(17)15(13)5-9-19-10-6-15/h11-12,17H,3-10H2,1-2H3. The average molecular weight is 267 g/mol. The number of hydroxylamine groups is 2. The molecule has 2 fully saturated rings. The van der Waals surface area contributed by atoms with Gasteiger partial charge < -0.3 is 14.7 Å². The van der Waals surface area contributed by atoms with E-state index in [0.717, 1.165) is 52.1 Å². The summed E-state index contributed by atoms with van der Waals surface area (Å²) in [6.45, 7) is 7.43. The van der Waals surface area contributed by atoms with Crippen molar-refractivity contribution in [3.8, 4) is 0 Å². The van der Waals surface area contributed by atoms with Gasteiger partial charge >= 0.3 is 0 Å². The van der Waals surface area contributed by atoms with Crippen molar-refractivity contribution >= 4 is 0 Å². The molecule has 0 aliphatic carbocycles. The molecule has 1 N–H and O–H groups in total. The van der Waals surface area contributed by atoms with E-state index in [-0.39, 0.29) is 11.1 Å². The van der Waals surface area contributed by atoms with Crippen LogP contribution in [0.15, 0.2) is 11.6 Å². The molecule has 0 aromatic rings. The second-order valence-electron chi connectivity index (χ2n) is 6.43. The van der Waals surface area contributed by atoms with Crippen LogP contribution in [0.1, 0.15) is 39.5 Å². The van der Waals surface area contributed by atoms with Gasteiger partial charge in [0.15, 0.2) is 0 Å². The van der Waals surface area contributed by atoms with Crippen molar-refractivity contribution < 1.29 is 14.7 Å². The molecule has 3 heterocycles. The molecule has 3 aliphatic heterocycles. The molecule has 0 radical (unpaired) electrons. The predicted molar refractivity (Wildman–Crippen MR) is 72.1 cm³/mol. The molecule has 19 heavy (non-hydrogen) atoms. The highest BCUT2D eigenvalue weighted by atomic mass is 16.5. The third-order valence-corrected chi connectivity index (χ3v) is 5.09. The molecule has 108 valence electrons. The molecule has 0 unspecified atom stereocenters. The second-order valence-corrected chi connectivity index (χ2v) is 6.43. The molecule has 3 aliphatic rings. The molecular formula is C15H25NO3. The summed E-state index contributed by atoms with van der Waals surface area (Å²) in [7, 11) is 0. The minimum Gasteiger partial charge on any atom is -0.381 e. The fraction of sp³-hybridized carbons (Fsp3) is 0.867. The molecule has 0 atom stereocenters. The highest BCUT2D eigenvalue weighted by Crippen LogP contribution is 2.50. The molecule has 0 saturated carbocycles. The summed E-state index contributed by atoms with van der Waals surface area (Å²) in [5.74, 6) is 0.468. The highest BCUT2D eigenvalue weighted by Gasteiger charge is 2.56. The van der Waals surface area contributed by atoms with Gasteiger partial charge in [0.2, 0.25) is 0 Å². The first-order chi connectivity index (χ1) is 9.11. The number of nitrogens with zero attached hydrogens (tertiary/aromatic N) is 1. The third kappa shape index (κ3) is 1.97. The van der Waals surface area contributed by atoms with Crippen LogP contribution in [0, 0.1) is 5.92 Å². The van der Waals surface area contributed by atoms with E-state index in [9.17, 15) is 5.21 Å².